The minimum absolute atomic E-state index is 0.111. The van der Waals surface area contributed by atoms with Crippen LogP contribution in [0.1, 0.15) is 32.0 Å². The monoisotopic (exact) mass is 438 g/mol. The van der Waals surface area contributed by atoms with E-state index in [4.69, 9.17) is 0 Å². The fourth-order valence-electron chi connectivity index (χ4n) is 3.57. The fourth-order valence-corrected chi connectivity index (χ4v) is 4.46. The number of pyridine rings is 1. The molecule has 4 rings (SSSR count). The number of carbonyl (C=O) groups excluding carboxylic acids is 2. The maximum Gasteiger partial charge on any atom is 0.264 e. The molecule has 0 aromatic carbocycles. The SMILES string of the molecule is Cc1ccsc1C(=O)N1CCN(c2ccc(C(=O)NCCCn3ccnc3)cn2)CC1. The standard InChI is InChI=1S/C22H26N6O2S/c1-17-5-14-31-20(17)22(30)28-12-10-27(11-13-28)19-4-3-18(15-25-19)21(29)24-6-2-8-26-9-7-23-16-26/h3-5,7,9,14-16H,2,6,8,10-13H2,1H3,(H,24,29). The van der Waals surface area contributed by atoms with E-state index in [1.165, 1.54) is 11.3 Å². The Morgan fingerprint density at radius 2 is 2.00 bits per heavy atom. The van der Waals surface area contributed by atoms with Gasteiger partial charge in [-0.3, -0.25) is 9.59 Å². The van der Waals surface area contributed by atoms with E-state index >= 15 is 0 Å². The Morgan fingerprint density at radius 3 is 2.65 bits per heavy atom. The molecule has 1 aliphatic heterocycles. The fraction of sp³-hybridized carbons (Fsp3) is 0.364. The van der Waals surface area contributed by atoms with Crippen molar-refractivity contribution in [2.24, 2.45) is 0 Å². The van der Waals surface area contributed by atoms with Gasteiger partial charge in [-0.05, 0) is 42.5 Å². The average Bonchev–Trinajstić information content (AvgIpc) is 3.48. The normalized spacial score (nSPS) is 14.0. The van der Waals surface area contributed by atoms with Crippen molar-refractivity contribution in [2.75, 3.05) is 37.6 Å². The molecule has 1 saturated heterocycles. The molecule has 1 aliphatic rings. The first-order valence-corrected chi connectivity index (χ1v) is 11.3. The van der Waals surface area contributed by atoms with Gasteiger partial charge in [-0.15, -0.1) is 11.3 Å². The van der Waals surface area contributed by atoms with Crippen molar-refractivity contribution >= 4 is 29.0 Å². The van der Waals surface area contributed by atoms with E-state index in [0.717, 1.165) is 42.3 Å². The molecule has 8 nitrogen and oxygen atoms in total. The highest BCUT2D eigenvalue weighted by Crippen LogP contribution is 2.20. The maximum atomic E-state index is 12.7. The van der Waals surface area contributed by atoms with Crippen molar-refractivity contribution in [3.05, 3.63) is 64.5 Å². The Balaban J connectivity index is 1.24. The maximum absolute atomic E-state index is 12.7. The molecule has 9 heteroatoms. The number of hydrogen-bond acceptors (Lipinski definition) is 6. The van der Waals surface area contributed by atoms with Gasteiger partial charge < -0.3 is 19.7 Å². The highest BCUT2D eigenvalue weighted by Gasteiger charge is 2.24. The summed E-state index contributed by atoms with van der Waals surface area (Å²) < 4.78 is 1.98. The Hall–Kier alpha value is -3.20. The number of aromatic nitrogens is 3. The summed E-state index contributed by atoms with van der Waals surface area (Å²) in [5, 5.41) is 4.89. The Bertz CT molecular complexity index is 1010. The van der Waals surface area contributed by atoms with E-state index in [9.17, 15) is 9.59 Å². The molecule has 3 aromatic rings. The van der Waals surface area contributed by atoms with Crippen molar-refractivity contribution < 1.29 is 9.59 Å². The molecule has 0 spiro atoms. The van der Waals surface area contributed by atoms with Gasteiger partial charge in [0.2, 0.25) is 0 Å². The molecule has 3 aromatic heterocycles. The van der Waals surface area contributed by atoms with Crippen molar-refractivity contribution in [3.8, 4) is 0 Å². The molecular formula is C22H26N6O2S. The second kappa shape index (κ2) is 9.74. The van der Waals surface area contributed by atoms with Gasteiger partial charge in [0, 0.05) is 57.9 Å². The van der Waals surface area contributed by atoms with Crippen LogP contribution in [0, 0.1) is 6.92 Å². The molecule has 0 aliphatic carbocycles. The molecule has 4 heterocycles. The van der Waals surface area contributed by atoms with Crippen LogP contribution in [-0.2, 0) is 6.54 Å². The molecule has 162 valence electrons. The predicted molar refractivity (Wildman–Crippen MR) is 121 cm³/mol. The van der Waals surface area contributed by atoms with E-state index in [0.29, 0.717) is 25.2 Å². The number of aryl methyl sites for hydroxylation is 2. The minimum atomic E-state index is -0.119. The quantitative estimate of drug-likeness (QED) is 0.573. The van der Waals surface area contributed by atoms with Crippen molar-refractivity contribution in [1.29, 1.82) is 0 Å². The van der Waals surface area contributed by atoms with Gasteiger partial charge in [0.1, 0.15) is 5.82 Å². The molecule has 0 radical (unpaired) electrons. The topological polar surface area (TPSA) is 83.4 Å². The predicted octanol–water partition coefficient (Wildman–Crippen LogP) is 2.43. The van der Waals surface area contributed by atoms with Gasteiger partial charge in [0.15, 0.2) is 0 Å². The van der Waals surface area contributed by atoms with Crippen LogP contribution in [0.5, 0.6) is 0 Å². The third-order valence-electron chi connectivity index (χ3n) is 5.40. The number of imidazole rings is 1. The Kier molecular flexibility index (Phi) is 6.61. The number of amides is 2. The summed E-state index contributed by atoms with van der Waals surface area (Å²) in [6.07, 6.45) is 7.87. The van der Waals surface area contributed by atoms with Crippen LogP contribution >= 0.6 is 11.3 Å². The third-order valence-corrected chi connectivity index (χ3v) is 6.40. The lowest BCUT2D eigenvalue weighted by molar-refractivity contribution is 0.0750. The lowest BCUT2D eigenvalue weighted by atomic mass is 10.2. The van der Waals surface area contributed by atoms with Crippen LogP contribution in [0.25, 0.3) is 0 Å². The molecular weight excluding hydrogens is 412 g/mol. The van der Waals surface area contributed by atoms with E-state index < -0.39 is 0 Å². The zero-order valence-corrected chi connectivity index (χ0v) is 18.3. The summed E-state index contributed by atoms with van der Waals surface area (Å²) in [6.45, 7) is 6.16. The summed E-state index contributed by atoms with van der Waals surface area (Å²) in [6, 6.07) is 5.66. The van der Waals surface area contributed by atoms with E-state index in [-0.39, 0.29) is 11.8 Å². The average molecular weight is 439 g/mol. The van der Waals surface area contributed by atoms with Crippen LogP contribution in [0.15, 0.2) is 48.5 Å². The number of anilines is 1. The first-order valence-electron chi connectivity index (χ1n) is 10.4. The number of hydrogen-bond donors (Lipinski definition) is 1. The molecule has 0 saturated carbocycles. The number of nitrogens with zero attached hydrogens (tertiary/aromatic N) is 5. The van der Waals surface area contributed by atoms with Crippen LogP contribution in [0.2, 0.25) is 0 Å². The van der Waals surface area contributed by atoms with Gasteiger partial charge in [0.05, 0.1) is 16.8 Å². The largest absolute Gasteiger partial charge is 0.353 e. The summed E-state index contributed by atoms with van der Waals surface area (Å²) in [5.41, 5.74) is 1.59. The van der Waals surface area contributed by atoms with Gasteiger partial charge in [-0.1, -0.05) is 0 Å². The van der Waals surface area contributed by atoms with Gasteiger partial charge >= 0.3 is 0 Å². The van der Waals surface area contributed by atoms with E-state index in [1.54, 1.807) is 24.8 Å². The summed E-state index contributed by atoms with van der Waals surface area (Å²) in [7, 11) is 0. The molecule has 2 amide bonds. The van der Waals surface area contributed by atoms with Crippen LogP contribution in [-0.4, -0.2) is 64.0 Å². The lowest BCUT2D eigenvalue weighted by Crippen LogP contribution is -2.49. The van der Waals surface area contributed by atoms with Gasteiger partial charge in [-0.2, -0.15) is 0 Å². The number of piperazine rings is 1. The zero-order chi connectivity index (χ0) is 21.6. The van der Waals surface area contributed by atoms with E-state index in [2.05, 4.69) is 20.2 Å². The van der Waals surface area contributed by atoms with Gasteiger partial charge in [0.25, 0.3) is 11.8 Å². The van der Waals surface area contributed by atoms with Crippen molar-refractivity contribution in [2.45, 2.75) is 19.9 Å². The minimum Gasteiger partial charge on any atom is -0.353 e. The van der Waals surface area contributed by atoms with E-state index in [1.807, 2.05) is 40.1 Å². The molecule has 0 unspecified atom stereocenters. The summed E-state index contributed by atoms with van der Waals surface area (Å²) in [5.74, 6) is 0.822. The molecule has 31 heavy (non-hydrogen) atoms. The lowest BCUT2D eigenvalue weighted by Gasteiger charge is -2.35. The smallest absolute Gasteiger partial charge is 0.264 e. The number of carbonyl (C=O) groups is 2. The molecule has 1 fully saturated rings. The number of thiophene rings is 1. The second-order valence-electron chi connectivity index (χ2n) is 7.53. The molecule has 1 N–H and O–H groups in total. The second-order valence-corrected chi connectivity index (χ2v) is 8.44. The first kappa shape index (κ1) is 21.0. The van der Waals surface area contributed by atoms with Crippen molar-refractivity contribution in [3.63, 3.8) is 0 Å². The third kappa shape index (κ3) is 5.11. The summed E-state index contributed by atoms with van der Waals surface area (Å²) in [4.78, 5) is 38.4. The summed E-state index contributed by atoms with van der Waals surface area (Å²) >= 11 is 1.50. The van der Waals surface area contributed by atoms with Crippen LogP contribution in [0.4, 0.5) is 5.82 Å². The highest BCUT2D eigenvalue weighted by atomic mass is 32.1. The van der Waals surface area contributed by atoms with Gasteiger partial charge in [-0.25, -0.2) is 9.97 Å². The van der Waals surface area contributed by atoms with Crippen LogP contribution in [0.3, 0.4) is 0 Å². The Labute approximate surface area is 185 Å². The highest BCUT2D eigenvalue weighted by molar-refractivity contribution is 7.12. The van der Waals surface area contributed by atoms with Crippen LogP contribution < -0.4 is 10.2 Å². The molecule has 0 bridgehead atoms. The first-order chi connectivity index (χ1) is 15.1. The zero-order valence-electron chi connectivity index (χ0n) is 17.5. The number of rotatable bonds is 7. The molecule has 0 atom stereocenters. The Morgan fingerprint density at radius 1 is 1.16 bits per heavy atom. The van der Waals surface area contributed by atoms with Crippen molar-refractivity contribution in [1.82, 2.24) is 24.8 Å². The number of nitrogens with one attached hydrogen (secondary N) is 1.